The number of amides is 1. The number of hydrogen-bond acceptors (Lipinski definition) is 6. The monoisotopic (exact) mass is 404 g/mol. The van der Waals surface area contributed by atoms with E-state index >= 15 is 0 Å². The van der Waals surface area contributed by atoms with Crippen LogP contribution < -0.4 is 10.6 Å². The highest BCUT2D eigenvalue weighted by Crippen LogP contribution is 2.27. The highest BCUT2D eigenvalue weighted by atomic mass is 32.1. The second kappa shape index (κ2) is 7.63. The van der Waals surface area contributed by atoms with Crippen LogP contribution in [0.3, 0.4) is 0 Å². The largest absolute Gasteiger partial charge is 0.359 e. The zero-order chi connectivity index (χ0) is 19.6. The van der Waals surface area contributed by atoms with E-state index in [1.54, 1.807) is 11.6 Å². The third kappa shape index (κ3) is 3.97. The molecule has 0 spiro atoms. The Bertz CT molecular complexity index is 1150. The number of pyridine rings is 1. The predicted octanol–water partition coefficient (Wildman–Crippen LogP) is 3.96. The van der Waals surface area contributed by atoms with Crippen molar-refractivity contribution in [2.24, 2.45) is 0 Å². The fourth-order valence-electron chi connectivity index (χ4n) is 3.18. The average Bonchev–Trinajstić information content (AvgIpc) is 3.31. The van der Waals surface area contributed by atoms with Gasteiger partial charge < -0.3 is 9.88 Å². The average molecular weight is 404 g/mol. The molecule has 7 nitrogen and oxygen atoms in total. The molecule has 0 aliphatic heterocycles. The lowest BCUT2D eigenvalue weighted by Gasteiger charge is -2.09. The summed E-state index contributed by atoms with van der Waals surface area (Å²) in [5, 5.41) is 8.84. The number of benzene rings is 1. The summed E-state index contributed by atoms with van der Waals surface area (Å²) in [5.74, 6) is 0.274. The van der Waals surface area contributed by atoms with Gasteiger partial charge in [0.1, 0.15) is 5.69 Å². The van der Waals surface area contributed by atoms with Crippen molar-refractivity contribution in [2.45, 2.75) is 31.8 Å². The number of carbonyl (C=O) groups is 1. The number of nitrogens with zero attached hydrogens (tertiary/aromatic N) is 4. The summed E-state index contributed by atoms with van der Waals surface area (Å²) >= 11 is 1.45. The molecule has 3 heterocycles. The fourth-order valence-corrected chi connectivity index (χ4v) is 3.95. The number of para-hydroxylation sites is 2. The lowest BCUT2D eigenvalue weighted by molar-refractivity contribution is 0.102. The maximum Gasteiger partial charge on any atom is 0.277 e. The van der Waals surface area contributed by atoms with Gasteiger partial charge in [-0.3, -0.25) is 15.1 Å². The van der Waals surface area contributed by atoms with Crippen LogP contribution in [0.1, 0.15) is 29.0 Å². The third-order valence-electron chi connectivity index (χ3n) is 4.84. The normalized spacial score (nSPS) is 13.5. The van der Waals surface area contributed by atoms with Crippen molar-refractivity contribution in [2.75, 3.05) is 10.6 Å². The van der Waals surface area contributed by atoms with E-state index in [1.165, 1.54) is 24.2 Å². The number of aromatic nitrogens is 4. The number of fused-ring (bicyclic) bond motifs is 1. The molecule has 29 heavy (non-hydrogen) atoms. The molecule has 5 rings (SSSR count). The first-order valence-corrected chi connectivity index (χ1v) is 10.5. The van der Waals surface area contributed by atoms with Crippen LogP contribution in [-0.4, -0.2) is 31.5 Å². The summed E-state index contributed by atoms with van der Waals surface area (Å²) < 4.78 is 2.03. The van der Waals surface area contributed by atoms with Crippen molar-refractivity contribution in [1.29, 1.82) is 0 Å². The summed E-state index contributed by atoms with van der Waals surface area (Å²) in [6.07, 6.45) is 4.87. The molecule has 4 aromatic rings. The number of thiazole rings is 1. The van der Waals surface area contributed by atoms with E-state index in [0.717, 1.165) is 28.3 Å². The van der Waals surface area contributed by atoms with Gasteiger partial charge in [0.05, 0.1) is 11.0 Å². The predicted molar refractivity (Wildman–Crippen MR) is 114 cm³/mol. The van der Waals surface area contributed by atoms with Crippen LogP contribution in [-0.2, 0) is 13.0 Å². The summed E-state index contributed by atoms with van der Waals surface area (Å²) in [4.78, 5) is 26.2. The van der Waals surface area contributed by atoms with Gasteiger partial charge in [0.2, 0.25) is 5.95 Å². The lowest BCUT2D eigenvalue weighted by atomic mass is 10.2. The molecule has 0 radical (unpaired) electrons. The zero-order valence-corrected chi connectivity index (χ0v) is 16.5. The molecule has 1 aliphatic carbocycles. The molecule has 146 valence electrons. The van der Waals surface area contributed by atoms with Crippen LogP contribution >= 0.6 is 11.3 Å². The molecule has 1 saturated carbocycles. The number of nitrogens with one attached hydrogen (secondary N) is 2. The molecule has 0 bridgehead atoms. The van der Waals surface area contributed by atoms with Gasteiger partial charge in [0, 0.05) is 36.3 Å². The van der Waals surface area contributed by atoms with Crippen molar-refractivity contribution < 1.29 is 4.79 Å². The molecule has 0 saturated heterocycles. The number of rotatable bonds is 7. The van der Waals surface area contributed by atoms with Gasteiger partial charge in [-0.1, -0.05) is 18.2 Å². The van der Waals surface area contributed by atoms with Crippen LogP contribution in [0.25, 0.3) is 11.0 Å². The maximum absolute atomic E-state index is 12.8. The van der Waals surface area contributed by atoms with Gasteiger partial charge in [-0.2, -0.15) is 0 Å². The lowest BCUT2D eigenvalue weighted by Crippen LogP contribution is -2.17. The van der Waals surface area contributed by atoms with E-state index in [4.69, 9.17) is 0 Å². The van der Waals surface area contributed by atoms with Gasteiger partial charge in [0.15, 0.2) is 5.13 Å². The minimum atomic E-state index is -0.250. The number of anilines is 2. The minimum absolute atomic E-state index is 0.250. The zero-order valence-electron chi connectivity index (χ0n) is 15.7. The van der Waals surface area contributed by atoms with Crippen LogP contribution in [0.2, 0.25) is 0 Å². The maximum atomic E-state index is 12.8. The molecule has 1 fully saturated rings. The molecule has 0 atom stereocenters. The van der Waals surface area contributed by atoms with E-state index in [-0.39, 0.29) is 5.91 Å². The van der Waals surface area contributed by atoms with Crippen LogP contribution in [0.4, 0.5) is 11.1 Å². The Kier molecular flexibility index (Phi) is 4.69. The van der Waals surface area contributed by atoms with Crippen LogP contribution in [0, 0.1) is 0 Å². The van der Waals surface area contributed by atoms with Crippen molar-refractivity contribution in [3.8, 4) is 0 Å². The fraction of sp³-hybridized carbons (Fsp3) is 0.238. The Morgan fingerprint density at radius 2 is 2.00 bits per heavy atom. The topological polar surface area (TPSA) is 84.7 Å². The van der Waals surface area contributed by atoms with Gasteiger partial charge >= 0.3 is 0 Å². The molecular formula is C21H20N6OS. The summed E-state index contributed by atoms with van der Waals surface area (Å²) in [5.41, 5.74) is 3.23. The number of aryl methyl sites for hydroxylation is 2. The van der Waals surface area contributed by atoms with E-state index in [0.29, 0.717) is 24.2 Å². The van der Waals surface area contributed by atoms with Crippen molar-refractivity contribution in [3.05, 3.63) is 65.4 Å². The molecule has 1 amide bonds. The summed E-state index contributed by atoms with van der Waals surface area (Å²) in [7, 11) is 0. The Balaban J connectivity index is 1.38. The summed E-state index contributed by atoms with van der Waals surface area (Å²) in [6.45, 7) is 0.665. The molecule has 1 aromatic carbocycles. The second-order valence-corrected chi connectivity index (χ2v) is 7.92. The molecule has 3 aromatic heterocycles. The van der Waals surface area contributed by atoms with Crippen LogP contribution in [0.5, 0.6) is 0 Å². The van der Waals surface area contributed by atoms with Crippen molar-refractivity contribution in [1.82, 2.24) is 19.5 Å². The molecular weight excluding hydrogens is 384 g/mol. The summed E-state index contributed by atoms with van der Waals surface area (Å²) in [6, 6.07) is 14.3. The molecule has 0 unspecified atom stereocenters. The quantitative estimate of drug-likeness (QED) is 0.487. The molecule has 2 N–H and O–H groups in total. The standard InChI is InChI=1S/C21H20N6OS/c28-19(17-13-29-21(25-17)23-15-8-9-15)26-20-24-16-6-1-2-7-18(16)27(20)12-10-14-5-3-4-11-22-14/h1-7,11,13,15H,8-10,12H2,(H,23,25)(H,24,26,28). The first kappa shape index (κ1) is 17.8. The number of hydrogen-bond donors (Lipinski definition) is 2. The first-order chi connectivity index (χ1) is 14.3. The van der Waals surface area contributed by atoms with Gasteiger partial charge in [0.25, 0.3) is 5.91 Å². The van der Waals surface area contributed by atoms with E-state index in [9.17, 15) is 4.79 Å². The number of carbonyl (C=O) groups excluding carboxylic acids is 1. The smallest absolute Gasteiger partial charge is 0.277 e. The number of imidazole rings is 1. The van der Waals surface area contributed by atoms with Gasteiger partial charge in [-0.25, -0.2) is 9.97 Å². The van der Waals surface area contributed by atoms with Crippen molar-refractivity contribution in [3.63, 3.8) is 0 Å². The Labute approximate surface area is 171 Å². The molecule has 8 heteroatoms. The Hall–Kier alpha value is -3.26. The highest BCUT2D eigenvalue weighted by Gasteiger charge is 2.23. The second-order valence-electron chi connectivity index (χ2n) is 7.06. The first-order valence-electron chi connectivity index (χ1n) is 9.65. The van der Waals surface area contributed by atoms with E-state index < -0.39 is 0 Å². The van der Waals surface area contributed by atoms with Gasteiger partial charge in [-0.15, -0.1) is 11.3 Å². The third-order valence-corrected chi connectivity index (χ3v) is 5.61. The minimum Gasteiger partial charge on any atom is -0.359 e. The molecule has 1 aliphatic rings. The van der Waals surface area contributed by atoms with Crippen LogP contribution in [0.15, 0.2) is 54.0 Å². The van der Waals surface area contributed by atoms with E-state index in [2.05, 4.69) is 25.6 Å². The Morgan fingerprint density at radius 1 is 1.14 bits per heavy atom. The van der Waals surface area contributed by atoms with Crippen molar-refractivity contribution >= 4 is 39.4 Å². The van der Waals surface area contributed by atoms with E-state index in [1.807, 2.05) is 47.0 Å². The highest BCUT2D eigenvalue weighted by molar-refractivity contribution is 7.13. The Morgan fingerprint density at radius 3 is 2.83 bits per heavy atom. The SMILES string of the molecule is O=C(Nc1nc2ccccc2n1CCc1ccccn1)c1csc(NC2CC2)n1. The van der Waals surface area contributed by atoms with Gasteiger partial charge in [-0.05, 0) is 37.1 Å².